The zero-order valence-electron chi connectivity index (χ0n) is 10.6. The lowest BCUT2D eigenvalue weighted by Gasteiger charge is -2.00. The zero-order valence-corrected chi connectivity index (χ0v) is 10.6. The van der Waals surface area contributed by atoms with E-state index in [0.29, 0.717) is 11.3 Å². The summed E-state index contributed by atoms with van der Waals surface area (Å²) >= 11 is 0. The monoisotopic (exact) mass is 264 g/mol. The summed E-state index contributed by atoms with van der Waals surface area (Å²) < 4.78 is 4.99. The molecule has 0 atom stereocenters. The van der Waals surface area contributed by atoms with E-state index in [9.17, 15) is 9.59 Å². The van der Waals surface area contributed by atoms with Gasteiger partial charge in [0.1, 0.15) is 5.58 Å². The summed E-state index contributed by atoms with van der Waals surface area (Å²) in [5.74, 6) is -0.836. The summed E-state index contributed by atoms with van der Waals surface area (Å²) in [5.41, 5.74) is 12.1. The second-order valence-electron chi connectivity index (χ2n) is 3.94. The van der Waals surface area contributed by atoms with Crippen LogP contribution < -0.4 is 17.1 Å². The maximum atomic E-state index is 11.0. The SMILES string of the molecule is Cc1cc(=O)oc2cc(N)ccc12.NCCC(=O)O. The Kier molecular flexibility index (Phi) is 5.08. The predicted molar refractivity (Wildman–Crippen MR) is 72.9 cm³/mol. The van der Waals surface area contributed by atoms with Gasteiger partial charge in [-0.3, -0.25) is 4.79 Å². The minimum absolute atomic E-state index is 0.0694. The van der Waals surface area contributed by atoms with E-state index < -0.39 is 5.97 Å². The number of carbonyl (C=O) groups is 1. The lowest BCUT2D eigenvalue weighted by atomic mass is 10.1. The minimum Gasteiger partial charge on any atom is -0.481 e. The van der Waals surface area contributed by atoms with Crippen molar-refractivity contribution < 1.29 is 14.3 Å². The Bertz CT molecular complexity index is 634. The number of anilines is 1. The van der Waals surface area contributed by atoms with Crippen LogP contribution in [0.25, 0.3) is 11.0 Å². The summed E-state index contributed by atoms with van der Waals surface area (Å²) in [7, 11) is 0. The topological polar surface area (TPSA) is 120 Å². The number of nitrogen functional groups attached to an aromatic ring is 1. The fourth-order valence-corrected chi connectivity index (χ4v) is 1.46. The lowest BCUT2D eigenvalue weighted by Crippen LogP contribution is -2.05. The zero-order chi connectivity index (χ0) is 14.4. The molecule has 2 rings (SSSR count). The first kappa shape index (κ1) is 14.7. The van der Waals surface area contributed by atoms with E-state index in [1.165, 1.54) is 6.07 Å². The third-order valence-electron chi connectivity index (χ3n) is 2.33. The predicted octanol–water partition coefficient (Wildman–Crippen LogP) is 1.10. The molecule has 6 heteroatoms. The number of benzene rings is 1. The van der Waals surface area contributed by atoms with Gasteiger partial charge in [-0.1, -0.05) is 0 Å². The Morgan fingerprint density at radius 2 is 2.05 bits per heavy atom. The second-order valence-corrected chi connectivity index (χ2v) is 3.94. The molecule has 0 bridgehead atoms. The van der Waals surface area contributed by atoms with Crippen LogP contribution in [0, 0.1) is 6.92 Å². The molecule has 2 aromatic rings. The molecule has 0 aliphatic rings. The number of rotatable bonds is 2. The highest BCUT2D eigenvalue weighted by Crippen LogP contribution is 2.18. The standard InChI is InChI=1S/C10H9NO2.C3H7NO2/c1-6-4-10(12)13-9-5-7(11)2-3-8(6)9;4-2-1-3(5)6/h2-5H,11H2,1H3;1-2,4H2,(H,5,6). The molecule has 6 nitrogen and oxygen atoms in total. The minimum atomic E-state index is -0.836. The Morgan fingerprint density at radius 1 is 1.37 bits per heavy atom. The van der Waals surface area contributed by atoms with E-state index in [2.05, 4.69) is 0 Å². The highest BCUT2D eigenvalue weighted by molar-refractivity contribution is 5.82. The normalized spacial score (nSPS) is 9.79. The van der Waals surface area contributed by atoms with Gasteiger partial charge in [-0.25, -0.2) is 4.79 Å². The van der Waals surface area contributed by atoms with Crippen molar-refractivity contribution in [1.29, 1.82) is 0 Å². The van der Waals surface area contributed by atoms with Crippen LogP contribution in [0.2, 0.25) is 0 Å². The van der Waals surface area contributed by atoms with E-state index >= 15 is 0 Å². The van der Waals surface area contributed by atoms with E-state index in [0.717, 1.165) is 10.9 Å². The van der Waals surface area contributed by atoms with Crippen molar-refractivity contribution in [2.75, 3.05) is 12.3 Å². The largest absolute Gasteiger partial charge is 0.481 e. The summed E-state index contributed by atoms with van der Waals surface area (Å²) in [5, 5.41) is 8.76. The fourth-order valence-electron chi connectivity index (χ4n) is 1.46. The van der Waals surface area contributed by atoms with Gasteiger partial charge in [0.25, 0.3) is 0 Å². The van der Waals surface area contributed by atoms with Gasteiger partial charge >= 0.3 is 11.6 Å². The lowest BCUT2D eigenvalue weighted by molar-refractivity contribution is -0.136. The van der Waals surface area contributed by atoms with Crippen LogP contribution in [0.4, 0.5) is 5.69 Å². The van der Waals surface area contributed by atoms with Crippen LogP contribution in [0.15, 0.2) is 33.5 Å². The molecule has 19 heavy (non-hydrogen) atoms. The van der Waals surface area contributed by atoms with Gasteiger partial charge in [-0.05, 0) is 24.6 Å². The van der Waals surface area contributed by atoms with Crippen molar-refractivity contribution in [3.63, 3.8) is 0 Å². The maximum absolute atomic E-state index is 11.0. The number of nitrogens with two attached hydrogens (primary N) is 2. The first-order chi connectivity index (χ1) is 8.93. The first-order valence-electron chi connectivity index (χ1n) is 5.66. The van der Waals surface area contributed by atoms with Crippen molar-refractivity contribution in [1.82, 2.24) is 0 Å². The number of aryl methyl sites for hydroxylation is 1. The van der Waals surface area contributed by atoms with Crippen LogP contribution in [0.1, 0.15) is 12.0 Å². The van der Waals surface area contributed by atoms with Gasteiger partial charge < -0.3 is 21.0 Å². The number of fused-ring (bicyclic) bond motifs is 1. The van der Waals surface area contributed by atoms with E-state index in [-0.39, 0.29) is 18.6 Å². The van der Waals surface area contributed by atoms with Gasteiger partial charge in [0.05, 0.1) is 6.42 Å². The first-order valence-corrected chi connectivity index (χ1v) is 5.66. The quantitative estimate of drug-likeness (QED) is 0.552. The molecule has 1 heterocycles. The van der Waals surface area contributed by atoms with Crippen LogP contribution in [0.5, 0.6) is 0 Å². The smallest absolute Gasteiger partial charge is 0.336 e. The Morgan fingerprint density at radius 3 is 2.58 bits per heavy atom. The van der Waals surface area contributed by atoms with Gasteiger partial charge in [0, 0.05) is 29.8 Å². The highest BCUT2D eigenvalue weighted by Gasteiger charge is 2.01. The summed E-state index contributed by atoms with van der Waals surface area (Å²) in [6, 6.07) is 6.76. The highest BCUT2D eigenvalue weighted by atomic mass is 16.4. The van der Waals surface area contributed by atoms with Crippen molar-refractivity contribution >= 4 is 22.6 Å². The summed E-state index contributed by atoms with van der Waals surface area (Å²) in [4.78, 5) is 20.5. The van der Waals surface area contributed by atoms with Gasteiger partial charge in [-0.15, -0.1) is 0 Å². The average molecular weight is 264 g/mol. The Balaban J connectivity index is 0.000000258. The third kappa shape index (κ3) is 4.44. The molecule has 0 saturated heterocycles. The van der Waals surface area contributed by atoms with E-state index in [4.69, 9.17) is 21.0 Å². The number of aliphatic carboxylic acids is 1. The molecule has 0 fully saturated rings. The molecule has 0 aliphatic heterocycles. The third-order valence-corrected chi connectivity index (χ3v) is 2.33. The van der Waals surface area contributed by atoms with Crippen molar-refractivity contribution in [2.24, 2.45) is 5.73 Å². The van der Waals surface area contributed by atoms with Crippen LogP contribution in [-0.4, -0.2) is 17.6 Å². The molecule has 0 saturated carbocycles. The molecule has 0 spiro atoms. The van der Waals surface area contributed by atoms with Crippen LogP contribution in [0.3, 0.4) is 0 Å². The number of carboxylic acids is 1. The molecule has 0 aliphatic carbocycles. The number of carboxylic acid groups (broad SMARTS) is 1. The van der Waals surface area contributed by atoms with Crippen molar-refractivity contribution in [3.05, 3.63) is 40.2 Å². The number of hydrogen-bond donors (Lipinski definition) is 3. The molecular weight excluding hydrogens is 248 g/mol. The van der Waals surface area contributed by atoms with Gasteiger partial charge in [0.2, 0.25) is 0 Å². The van der Waals surface area contributed by atoms with Crippen LogP contribution in [-0.2, 0) is 4.79 Å². The van der Waals surface area contributed by atoms with E-state index in [1.807, 2.05) is 13.0 Å². The summed E-state index contributed by atoms with van der Waals surface area (Å²) in [6.07, 6.45) is 0.0694. The average Bonchev–Trinajstić information content (AvgIpc) is 2.28. The van der Waals surface area contributed by atoms with Gasteiger partial charge in [-0.2, -0.15) is 0 Å². The Labute approximate surface area is 109 Å². The van der Waals surface area contributed by atoms with Crippen LogP contribution >= 0.6 is 0 Å². The molecular formula is C13H16N2O4. The van der Waals surface area contributed by atoms with Crippen molar-refractivity contribution in [3.8, 4) is 0 Å². The van der Waals surface area contributed by atoms with E-state index in [1.54, 1.807) is 12.1 Å². The number of hydrogen-bond acceptors (Lipinski definition) is 5. The Hall–Kier alpha value is -2.34. The van der Waals surface area contributed by atoms with Gasteiger partial charge in [0.15, 0.2) is 0 Å². The molecule has 1 aromatic heterocycles. The maximum Gasteiger partial charge on any atom is 0.336 e. The molecule has 5 N–H and O–H groups in total. The van der Waals surface area contributed by atoms with Crippen molar-refractivity contribution in [2.45, 2.75) is 13.3 Å². The fraction of sp³-hybridized carbons (Fsp3) is 0.231. The second kappa shape index (κ2) is 6.55. The molecule has 0 unspecified atom stereocenters. The molecule has 1 aromatic carbocycles. The molecule has 0 amide bonds. The molecule has 102 valence electrons. The molecule has 0 radical (unpaired) electrons. The summed E-state index contributed by atoms with van der Waals surface area (Å²) in [6.45, 7) is 2.10.